The number of aromatic nitrogens is 2. The first-order valence-corrected chi connectivity index (χ1v) is 8.44. The molecule has 1 fully saturated rings. The number of H-pyrrole nitrogens is 1. The molecule has 1 atom stereocenters. The van der Waals surface area contributed by atoms with E-state index in [-0.39, 0.29) is 5.82 Å². The molecular formula is C19H26FN3. The molecule has 4 heteroatoms. The van der Waals surface area contributed by atoms with Gasteiger partial charge in [-0.15, -0.1) is 0 Å². The van der Waals surface area contributed by atoms with E-state index < -0.39 is 0 Å². The van der Waals surface area contributed by atoms with E-state index in [2.05, 4.69) is 35.9 Å². The highest BCUT2D eigenvalue weighted by Gasteiger charge is 2.27. The van der Waals surface area contributed by atoms with Gasteiger partial charge in [0.2, 0.25) is 0 Å². The van der Waals surface area contributed by atoms with Crippen molar-refractivity contribution in [3.63, 3.8) is 0 Å². The van der Waals surface area contributed by atoms with Crippen LogP contribution in [-0.2, 0) is 0 Å². The molecule has 0 spiro atoms. The Morgan fingerprint density at radius 1 is 1.26 bits per heavy atom. The number of likely N-dealkylation sites (tertiary alicyclic amines) is 1. The minimum atomic E-state index is -0.201. The predicted molar refractivity (Wildman–Crippen MR) is 91.9 cm³/mol. The standard InChI is InChI=1S/C19H26FN3/c1-19(2,3)13-23-10-4-5-15(12-23)18-17(11-21-22-18)14-6-8-16(20)9-7-14/h6-9,11,15H,4-5,10,12-13H2,1-3H3,(H,21,22). The van der Waals surface area contributed by atoms with Crippen LogP contribution in [0, 0.1) is 11.2 Å². The molecular weight excluding hydrogens is 289 g/mol. The summed E-state index contributed by atoms with van der Waals surface area (Å²) in [6, 6.07) is 6.69. The van der Waals surface area contributed by atoms with E-state index in [1.165, 1.54) is 37.2 Å². The van der Waals surface area contributed by atoms with Crippen molar-refractivity contribution in [1.82, 2.24) is 15.1 Å². The second-order valence-electron chi connectivity index (χ2n) is 7.84. The Morgan fingerprint density at radius 3 is 2.70 bits per heavy atom. The summed E-state index contributed by atoms with van der Waals surface area (Å²) in [6.07, 6.45) is 4.25. The zero-order chi connectivity index (χ0) is 16.4. The highest BCUT2D eigenvalue weighted by Crippen LogP contribution is 2.33. The molecule has 23 heavy (non-hydrogen) atoms. The minimum Gasteiger partial charge on any atom is -0.302 e. The lowest BCUT2D eigenvalue weighted by Gasteiger charge is -2.36. The van der Waals surface area contributed by atoms with Crippen molar-refractivity contribution in [1.29, 1.82) is 0 Å². The van der Waals surface area contributed by atoms with E-state index in [0.717, 1.165) is 24.2 Å². The fraction of sp³-hybridized carbons (Fsp3) is 0.526. The van der Waals surface area contributed by atoms with E-state index in [1.54, 1.807) is 0 Å². The predicted octanol–water partition coefficient (Wildman–Crippen LogP) is 4.44. The maximum Gasteiger partial charge on any atom is 0.123 e. The summed E-state index contributed by atoms with van der Waals surface area (Å²) >= 11 is 0. The molecule has 2 aromatic rings. The monoisotopic (exact) mass is 315 g/mol. The zero-order valence-electron chi connectivity index (χ0n) is 14.3. The van der Waals surface area contributed by atoms with Crippen LogP contribution in [0.3, 0.4) is 0 Å². The van der Waals surface area contributed by atoms with Gasteiger partial charge in [0.05, 0.1) is 6.20 Å². The summed E-state index contributed by atoms with van der Waals surface area (Å²) in [6.45, 7) is 10.2. The molecule has 3 rings (SSSR count). The molecule has 3 nitrogen and oxygen atoms in total. The number of hydrogen-bond donors (Lipinski definition) is 1. The number of nitrogens with one attached hydrogen (secondary N) is 1. The Kier molecular flexibility index (Phi) is 4.53. The van der Waals surface area contributed by atoms with Crippen LogP contribution in [-0.4, -0.2) is 34.7 Å². The molecule has 1 aromatic heterocycles. The summed E-state index contributed by atoms with van der Waals surface area (Å²) in [5.74, 6) is 0.265. The first-order valence-electron chi connectivity index (χ1n) is 8.44. The highest BCUT2D eigenvalue weighted by atomic mass is 19.1. The molecule has 1 aliphatic rings. The summed E-state index contributed by atoms with van der Waals surface area (Å²) in [7, 11) is 0. The van der Waals surface area contributed by atoms with Crippen LogP contribution in [0.5, 0.6) is 0 Å². The van der Waals surface area contributed by atoms with Gasteiger partial charge in [-0.1, -0.05) is 32.9 Å². The van der Waals surface area contributed by atoms with Crippen LogP contribution in [0.25, 0.3) is 11.1 Å². The number of benzene rings is 1. The van der Waals surface area contributed by atoms with E-state index >= 15 is 0 Å². The maximum absolute atomic E-state index is 13.2. The molecule has 0 radical (unpaired) electrons. The van der Waals surface area contributed by atoms with Crippen molar-refractivity contribution in [3.8, 4) is 11.1 Å². The number of aromatic amines is 1. The van der Waals surface area contributed by atoms with E-state index in [1.807, 2.05) is 18.3 Å². The quantitative estimate of drug-likeness (QED) is 0.908. The topological polar surface area (TPSA) is 31.9 Å². The first-order chi connectivity index (χ1) is 10.9. The Labute approximate surface area is 137 Å². The Hall–Kier alpha value is -1.68. The lowest BCUT2D eigenvalue weighted by atomic mass is 9.88. The van der Waals surface area contributed by atoms with Gasteiger partial charge in [0.1, 0.15) is 5.82 Å². The Bertz CT molecular complexity index is 639. The third-order valence-corrected chi connectivity index (χ3v) is 4.44. The third-order valence-electron chi connectivity index (χ3n) is 4.44. The number of piperidine rings is 1. The van der Waals surface area contributed by atoms with Crippen molar-refractivity contribution >= 4 is 0 Å². The van der Waals surface area contributed by atoms with Crippen molar-refractivity contribution in [2.75, 3.05) is 19.6 Å². The number of hydrogen-bond acceptors (Lipinski definition) is 2. The van der Waals surface area contributed by atoms with Crippen molar-refractivity contribution in [2.24, 2.45) is 5.41 Å². The zero-order valence-corrected chi connectivity index (χ0v) is 14.3. The summed E-state index contributed by atoms with van der Waals surface area (Å²) in [4.78, 5) is 2.56. The summed E-state index contributed by atoms with van der Waals surface area (Å²) in [5, 5.41) is 7.46. The van der Waals surface area contributed by atoms with Gasteiger partial charge >= 0.3 is 0 Å². The van der Waals surface area contributed by atoms with Gasteiger partial charge in [-0.2, -0.15) is 5.10 Å². The number of halogens is 1. The molecule has 0 amide bonds. The van der Waals surface area contributed by atoms with Crippen molar-refractivity contribution in [3.05, 3.63) is 42.0 Å². The summed E-state index contributed by atoms with van der Waals surface area (Å²) < 4.78 is 13.2. The Balaban J connectivity index is 1.79. The smallest absolute Gasteiger partial charge is 0.123 e. The fourth-order valence-electron chi connectivity index (χ4n) is 3.57. The second-order valence-corrected chi connectivity index (χ2v) is 7.84. The molecule has 0 saturated carbocycles. The Morgan fingerprint density at radius 2 is 2.00 bits per heavy atom. The number of rotatable bonds is 3. The van der Waals surface area contributed by atoms with Crippen LogP contribution < -0.4 is 0 Å². The van der Waals surface area contributed by atoms with Gasteiger partial charge in [0.15, 0.2) is 0 Å². The van der Waals surface area contributed by atoms with Crippen LogP contribution in [0.1, 0.15) is 45.2 Å². The lowest BCUT2D eigenvalue weighted by molar-refractivity contribution is 0.150. The van der Waals surface area contributed by atoms with E-state index in [0.29, 0.717) is 11.3 Å². The number of nitrogens with zero attached hydrogens (tertiary/aromatic N) is 2. The minimum absolute atomic E-state index is 0.201. The van der Waals surface area contributed by atoms with Gasteiger partial charge in [-0.05, 0) is 42.5 Å². The molecule has 1 aromatic carbocycles. The SMILES string of the molecule is CC(C)(C)CN1CCCC(c2[nH]ncc2-c2ccc(F)cc2)C1. The average molecular weight is 315 g/mol. The molecule has 0 bridgehead atoms. The van der Waals surface area contributed by atoms with Crippen molar-refractivity contribution in [2.45, 2.75) is 39.5 Å². The normalized spacial score (nSPS) is 19.9. The van der Waals surface area contributed by atoms with Crippen LogP contribution >= 0.6 is 0 Å². The van der Waals surface area contributed by atoms with Crippen molar-refractivity contribution < 1.29 is 4.39 Å². The van der Waals surface area contributed by atoms with Gasteiger partial charge in [0, 0.05) is 30.3 Å². The molecule has 124 valence electrons. The van der Waals surface area contributed by atoms with Gasteiger partial charge in [-0.3, -0.25) is 5.10 Å². The molecule has 0 aliphatic carbocycles. The molecule has 1 aliphatic heterocycles. The van der Waals surface area contributed by atoms with E-state index in [9.17, 15) is 4.39 Å². The first kappa shape index (κ1) is 16.2. The van der Waals surface area contributed by atoms with Crippen LogP contribution in [0.15, 0.2) is 30.5 Å². The fourth-order valence-corrected chi connectivity index (χ4v) is 3.57. The molecule has 1 saturated heterocycles. The highest BCUT2D eigenvalue weighted by molar-refractivity contribution is 5.65. The maximum atomic E-state index is 13.2. The average Bonchev–Trinajstić information content (AvgIpc) is 2.96. The van der Waals surface area contributed by atoms with Gasteiger partial charge in [-0.25, -0.2) is 4.39 Å². The lowest BCUT2D eigenvalue weighted by Crippen LogP contribution is -2.39. The molecule has 2 heterocycles. The van der Waals surface area contributed by atoms with Crippen LogP contribution in [0.4, 0.5) is 4.39 Å². The molecule has 1 unspecified atom stereocenters. The van der Waals surface area contributed by atoms with E-state index in [4.69, 9.17) is 0 Å². The second kappa shape index (κ2) is 6.44. The van der Waals surface area contributed by atoms with Crippen LogP contribution in [0.2, 0.25) is 0 Å². The summed E-state index contributed by atoms with van der Waals surface area (Å²) in [5.41, 5.74) is 3.64. The largest absolute Gasteiger partial charge is 0.302 e. The third kappa shape index (κ3) is 3.99. The molecule has 1 N–H and O–H groups in total. The van der Waals surface area contributed by atoms with Gasteiger partial charge < -0.3 is 4.90 Å². The van der Waals surface area contributed by atoms with Gasteiger partial charge in [0.25, 0.3) is 0 Å².